The summed E-state index contributed by atoms with van der Waals surface area (Å²) in [5, 5.41) is 0. The molecule has 1 atom stereocenters. The molecule has 8 heteroatoms. The smallest absolute Gasteiger partial charge is 0.411 e. The summed E-state index contributed by atoms with van der Waals surface area (Å²) in [6, 6.07) is 16.9. The third-order valence-electron chi connectivity index (χ3n) is 5.62. The number of carbonyl (C=O) groups is 2. The first-order chi connectivity index (χ1) is 14.9. The molecule has 166 valence electrons. The van der Waals surface area contributed by atoms with E-state index in [1.807, 2.05) is 54.6 Å². The zero-order valence-corrected chi connectivity index (χ0v) is 19.4. The molecule has 3 rings (SSSR count). The summed E-state index contributed by atoms with van der Waals surface area (Å²) in [6.07, 6.45) is -0.305. The van der Waals surface area contributed by atoms with E-state index in [0.717, 1.165) is 15.6 Å². The number of benzene rings is 2. The average molecular weight is 492 g/mol. The Kier molecular flexibility index (Phi) is 7.35. The van der Waals surface area contributed by atoms with Gasteiger partial charge in [0.25, 0.3) is 0 Å². The lowest BCUT2D eigenvalue weighted by atomic mass is 9.87. The zero-order chi connectivity index (χ0) is 22.5. The quantitative estimate of drug-likeness (QED) is 0.431. The molecule has 1 saturated heterocycles. The van der Waals surface area contributed by atoms with Gasteiger partial charge < -0.3 is 18.9 Å². The summed E-state index contributed by atoms with van der Waals surface area (Å²) in [5.41, 5.74) is 0.358. The van der Waals surface area contributed by atoms with Crippen LogP contribution in [0.5, 0.6) is 0 Å². The van der Waals surface area contributed by atoms with E-state index >= 15 is 0 Å². The second kappa shape index (κ2) is 9.80. The fourth-order valence-electron chi connectivity index (χ4n) is 3.92. The number of carbonyl (C=O) groups excluding carboxylic acids is 2. The van der Waals surface area contributed by atoms with Gasteiger partial charge in [-0.2, -0.15) is 0 Å². The Morgan fingerprint density at radius 2 is 1.61 bits per heavy atom. The predicted molar refractivity (Wildman–Crippen MR) is 117 cm³/mol. The molecule has 0 aliphatic carbocycles. The van der Waals surface area contributed by atoms with Crippen molar-refractivity contribution < 1.29 is 28.5 Å². The standard InChI is InChI=1S/C23H26BrNO6/c1-28-20(26)22(13-17-9-11-19(24)12-10-17)15-23(29-2,30-3)16-25(22)21(27)31-14-18-7-5-4-6-8-18/h4-12H,13-16H2,1-3H3/t22-/m0/s1. The Morgan fingerprint density at radius 3 is 2.19 bits per heavy atom. The fraction of sp³-hybridized carbons (Fsp3) is 0.391. The van der Waals surface area contributed by atoms with Crippen molar-refractivity contribution in [2.75, 3.05) is 27.9 Å². The molecule has 0 bridgehead atoms. The monoisotopic (exact) mass is 491 g/mol. The molecule has 1 fully saturated rings. The lowest BCUT2D eigenvalue weighted by molar-refractivity contribution is -0.197. The van der Waals surface area contributed by atoms with Gasteiger partial charge in [0.15, 0.2) is 11.3 Å². The van der Waals surface area contributed by atoms with Crippen LogP contribution in [0.3, 0.4) is 0 Å². The van der Waals surface area contributed by atoms with Gasteiger partial charge in [0.2, 0.25) is 0 Å². The molecule has 0 unspecified atom stereocenters. The lowest BCUT2D eigenvalue weighted by Gasteiger charge is -2.34. The molecule has 31 heavy (non-hydrogen) atoms. The van der Waals surface area contributed by atoms with Gasteiger partial charge >= 0.3 is 12.1 Å². The van der Waals surface area contributed by atoms with Gasteiger partial charge in [0.1, 0.15) is 6.61 Å². The minimum absolute atomic E-state index is 0.0270. The van der Waals surface area contributed by atoms with E-state index in [0.29, 0.717) is 0 Å². The molecule has 1 aliphatic rings. The molecule has 7 nitrogen and oxygen atoms in total. The van der Waals surface area contributed by atoms with Gasteiger partial charge in [-0.25, -0.2) is 9.59 Å². The van der Waals surface area contributed by atoms with Crippen molar-refractivity contribution in [3.05, 3.63) is 70.2 Å². The minimum atomic E-state index is -1.34. The summed E-state index contributed by atoms with van der Waals surface area (Å²) in [5.74, 6) is -1.71. The molecule has 1 aliphatic heterocycles. The van der Waals surface area contributed by atoms with Crippen LogP contribution in [0.15, 0.2) is 59.1 Å². The molecule has 2 aromatic rings. The van der Waals surface area contributed by atoms with Gasteiger partial charge in [-0.3, -0.25) is 4.90 Å². The molecular formula is C23H26BrNO6. The van der Waals surface area contributed by atoms with Gasteiger partial charge in [-0.15, -0.1) is 0 Å². The van der Waals surface area contributed by atoms with E-state index in [1.165, 1.54) is 26.2 Å². The molecule has 0 saturated carbocycles. The fourth-order valence-corrected chi connectivity index (χ4v) is 4.19. The molecular weight excluding hydrogens is 466 g/mol. The number of nitrogens with zero attached hydrogens (tertiary/aromatic N) is 1. The van der Waals surface area contributed by atoms with Crippen LogP contribution in [0.2, 0.25) is 0 Å². The number of hydrogen-bond donors (Lipinski definition) is 0. The zero-order valence-electron chi connectivity index (χ0n) is 17.8. The van der Waals surface area contributed by atoms with Gasteiger partial charge in [0.05, 0.1) is 13.7 Å². The Morgan fingerprint density at radius 1 is 0.968 bits per heavy atom. The highest BCUT2D eigenvalue weighted by atomic mass is 79.9. The van der Waals surface area contributed by atoms with Crippen LogP contribution in [0.1, 0.15) is 17.5 Å². The van der Waals surface area contributed by atoms with E-state index in [9.17, 15) is 9.59 Å². The molecule has 0 N–H and O–H groups in total. The normalized spacial score (nSPS) is 19.8. The maximum absolute atomic E-state index is 13.2. The highest BCUT2D eigenvalue weighted by molar-refractivity contribution is 9.10. The largest absolute Gasteiger partial charge is 0.467 e. The number of halogens is 1. The van der Waals surface area contributed by atoms with Crippen LogP contribution >= 0.6 is 15.9 Å². The maximum Gasteiger partial charge on any atom is 0.411 e. The van der Waals surface area contributed by atoms with E-state index in [4.69, 9.17) is 18.9 Å². The molecule has 0 radical (unpaired) electrons. The van der Waals surface area contributed by atoms with E-state index in [1.54, 1.807) is 0 Å². The summed E-state index contributed by atoms with van der Waals surface area (Å²) in [7, 11) is 4.28. The Bertz CT molecular complexity index is 900. The van der Waals surface area contributed by atoms with Crippen molar-refractivity contribution >= 4 is 28.0 Å². The Hall–Kier alpha value is -2.42. The predicted octanol–water partition coefficient (Wildman–Crippen LogP) is 3.94. The van der Waals surface area contributed by atoms with Crippen molar-refractivity contribution in [1.29, 1.82) is 0 Å². The first-order valence-electron chi connectivity index (χ1n) is 9.79. The third-order valence-corrected chi connectivity index (χ3v) is 6.15. The van der Waals surface area contributed by atoms with Crippen LogP contribution < -0.4 is 0 Å². The molecule has 0 spiro atoms. The van der Waals surface area contributed by atoms with Crippen molar-refractivity contribution in [1.82, 2.24) is 4.90 Å². The second-order valence-corrected chi connectivity index (χ2v) is 8.36. The van der Waals surface area contributed by atoms with Gasteiger partial charge in [0, 0.05) is 31.5 Å². The number of ether oxygens (including phenoxy) is 4. The van der Waals surface area contributed by atoms with Crippen molar-refractivity contribution in [2.24, 2.45) is 0 Å². The summed E-state index contributed by atoms with van der Waals surface area (Å²) in [4.78, 5) is 27.7. The first kappa shape index (κ1) is 23.2. The summed E-state index contributed by atoms with van der Waals surface area (Å²) >= 11 is 3.42. The van der Waals surface area contributed by atoms with E-state index < -0.39 is 23.4 Å². The molecule has 1 amide bonds. The number of likely N-dealkylation sites (tertiary alicyclic amines) is 1. The summed E-state index contributed by atoms with van der Waals surface area (Å²) < 4.78 is 22.8. The average Bonchev–Trinajstić information content (AvgIpc) is 3.15. The lowest BCUT2D eigenvalue weighted by Crippen LogP contribution is -2.55. The number of methoxy groups -OCH3 is 3. The number of hydrogen-bond acceptors (Lipinski definition) is 6. The molecule has 1 heterocycles. The number of amides is 1. The minimum Gasteiger partial charge on any atom is -0.467 e. The maximum atomic E-state index is 13.2. The molecule has 0 aromatic heterocycles. The van der Waals surface area contributed by atoms with Crippen molar-refractivity contribution in [3.63, 3.8) is 0 Å². The van der Waals surface area contributed by atoms with Crippen molar-refractivity contribution in [2.45, 2.75) is 30.8 Å². The molecule has 2 aromatic carbocycles. The van der Waals surface area contributed by atoms with Crippen LogP contribution in [0.4, 0.5) is 4.79 Å². The van der Waals surface area contributed by atoms with Crippen LogP contribution in [-0.4, -0.2) is 56.2 Å². The second-order valence-electron chi connectivity index (χ2n) is 7.45. The topological polar surface area (TPSA) is 74.3 Å². The van der Waals surface area contributed by atoms with Crippen LogP contribution in [-0.2, 0) is 36.8 Å². The first-order valence-corrected chi connectivity index (χ1v) is 10.6. The van der Waals surface area contributed by atoms with Gasteiger partial charge in [-0.1, -0.05) is 58.4 Å². The summed E-state index contributed by atoms with van der Waals surface area (Å²) in [6.45, 7) is 0.109. The Labute approximate surface area is 190 Å². The van der Waals surface area contributed by atoms with E-state index in [2.05, 4.69) is 15.9 Å². The Balaban J connectivity index is 1.95. The highest BCUT2D eigenvalue weighted by Crippen LogP contribution is 2.42. The van der Waals surface area contributed by atoms with Crippen LogP contribution in [0.25, 0.3) is 0 Å². The van der Waals surface area contributed by atoms with Gasteiger partial charge in [-0.05, 0) is 23.3 Å². The van der Waals surface area contributed by atoms with Crippen molar-refractivity contribution in [3.8, 4) is 0 Å². The SMILES string of the molecule is COC(=O)[C@]1(Cc2ccc(Br)cc2)CC(OC)(OC)CN1C(=O)OCc1ccccc1. The van der Waals surface area contributed by atoms with Crippen LogP contribution in [0, 0.1) is 0 Å². The third kappa shape index (κ3) is 4.92. The highest BCUT2D eigenvalue weighted by Gasteiger charge is 2.61. The number of rotatable bonds is 7. The number of esters is 1. The van der Waals surface area contributed by atoms with E-state index in [-0.39, 0.29) is 26.0 Å².